The van der Waals surface area contributed by atoms with E-state index >= 15 is 0 Å². The van der Waals surface area contributed by atoms with E-state index in [1.165, 1.54) is 5.57 Å². The smallest absolute Gasteiger partial charge is 0.148 e. The van der Waals surface area contributed by atoms with Gasteiger partial charge in [-0.05, 0) is 13.3 Å². The Hall–Kier alpha value is -0.273. The van der Waals surface area contributed by atoms with E-state index in [0.717, 1.165) is 6.42 Å². The Balaban J connectivity index is 2.65. The summed E-state index contributed by atoms with van der Waals surface area (Å²) in [6.45, 7) is 4.37. The van der Waals surface area contributed by atoms with E-state index in [1.54, 1.807) is 0 Å². The molecule has 1 atom stereocenters. The van der Waals surface area contributed by atoms with Crippen molar-refractivity contribution in [3.8, 4) is 0 Å². The highest BCUT2D eigenvalue weighted by atomic mass is 35.6. The van der Waals surface area contributed by atoms with E-state index in [2.05, 4.69) is 43.9 Å². The minimum atomic E-state index is -0.444. The summed E-state index contributed by atoms with van der Waals surface area (Å²) in [5.74, 6) is 0. The molecule has 66 valence electrons. The minimum Gasteiger partial charge on any atom is -0.171 e. The lowest BCUT2D eigenvalue weighted by molar-refractivity contribution is 0.554. The molecule has 1 aliphatic carbocycles. The third-order valence-electron chi connectivity index (χ3n) is 2.18. The van der Waals surface area contributed by atoms with Crippen molar-refractivity contribution in [1.82, 2.24) is 0 Å². The molecule has 12 heavy (non-hydrogen) atoms. The molecule has 0 aromatic carbocycles. The van der Waals surface area contributed by atoms with Crippen molar-refractivity contribution in [2.45, 2.75) is 20.3 Å². The second-order valence-electron chi connectivity index (χ2n) is 3.55. The number of rotatable bonds is 2. The van der Waals surface area contributed by atoms with Crippen molar-refractivity contribution in [2.24, 2.45) is 5.41 Å². The van der Waals surface area contributed by atoms with Crippen LogP contribution in [0.2, 0.25) is 0 Å². The van der Waals surface area contributed by atoms with Crippen LogP contribution in [0.4, 0.5) is 0 Å². The van der Waals surface area contributed by atoms with Crippen LogP contribution in [0.3, 0.4) is 0 Å². The SMILES string of the molecule is CC1=CCC(C)(C=C[SiH2]Cl)C=C1. The van der Waals surface area contributed by atoms with Crippen molar-refractivity contribution >= 4 is 19.9 Å². The zero-order chi connectivity index (χ0) is 9.03. The summed E-state index contributed by atoms with van der Waals surface area (Å²) in [5, 5.41) is 0. The fourth-order valence-corrected chi connectivity index (χ4v) is 2.17. The van der Waals surface area contributed by atoms with Crippen molar-refractivity contribution < 1.29 is 0 Å². The molecule has 0 radical (unpaired) electrons. The Bertz CT molecular complexity index is 240. The lowest BCUT2D eigenvalue weighted by atomic mass is 9.82. The molecule has 0 fully saturated rings. The second kappa shape index (κ2) is 4.10. The summed E-state index contributed by atoms with van der Waals surface area (Å²) in [6.07, 6.45) is 10.1. The van der Waals surface area contributed by atoms with Crippen LogP contribution in [0.25, 0.3) is 0 Å². The highest BCUT2D eigenvalue weighted by Gasteiger charge is 2.17. The van der Waals surface area contributed by atoms with Crippen LogP contribution >= 0.6 is 11.1 Å². The van der Waals surface area contributed by atoms with Gasteiger partial charge in [-0.2, -0.15) is 11.1 Å². The van der Waals surface area contributed by atoms with Crippen LogP contribution in [0, 0.1) is 5.41 Å². The Morgan fingerprint density at radius 1 is 1.67 bits per heavy atom. The summed E-state index contributed by atoms with van der Waals surface area (Å²) < 4.78 is 0. The summed E-state index contributed by atoms with van der Waals surface area (Å²) in [4.78, 5) is 0. The van der Waals surface area contributed by atoms with Crippen molar-refractivity contribution in [3.05, 3.63) is 35.6 Å². The fourth-order valence-electron chi connectivity index (χ4n) is 1.28. The maximum absolute atomic E-state index is 5.72. The van der Waals surface area contributed by atoms with Crippen LogP contribution < -0.4 is 0 Å². The van der Waals surface area contributed by atoms with Crippen LogP contribution in [0.15, 0.2) is 35.6 Å². The highest BCUT2D eigenvalue weighted by Crippen LogP contribution is 2.30. The second-order valence-corrected chi connectivity index (χ2v) is 5.25. The summed E-state index contributed by atoms with van der Waals surface area (Å²) >= 11 is 5.72. The number of allylic oxidation sites excluding steroid dienone is 5. The zero-order valence-corrected chi connectivity index (χ0v) is 9.85. The Kier molecular flexibility index (Phi) is 3.36. The Labute approximate surface area is 81.5 Å². The van der Waals surface area contributed by atoms with Gasteiger partial charge in [-0.15, -0.1) is 0 Å². The molecule has 0 aromatic heterocycles. The van der Waals surface area contributed by atoms with Gasteiger partial charge in [0.05, 0.1) is 0 Å². The molecule has 0 amide bonds. The van der Waals surface area contributed by atoms with Crippen LogP contribution in [0.5, 0.6) is 0 Å². The normalized spacial score (nSPS) is 30.4. The first-order chi connectivity index (χ1) is 5.66. The predicted octanol–water partition coefficient (Wildman–Crippen LogP) is 2.74. The highest BCUT2D eigenvalue weighted by molar-refractivity contribution is 6.96. The van der Waals surface area contributed by atoms with Gasteiger partial charge in [-0.1, -0.05) is 42.5 Å². The van der Waals surface area contributed by atoms with E-state index in [4.69, 9.17) is 11.1 Å². The van der Waals surface area contributed by atoms with Gasteiger partial charge in [0.15, 0.2) is 0 Å². The molecule has 0 aliphatic heterocycles. The van der Waals surface area contributed by atoms with Gasteiger partial charge in [0.2, 0.25) is 0 Å². The zero-order valence-electron chi connectivity index (χ0n) is 7.68. The van der Waals surface area contributed by atoms with Gasteiger partial charge in [-0.3, -0.25) is 0 Å². The van der Waals surface area contributed by atoms with Crippen LogP contribution in [-0.4, -0.2) is 8.83 Å². The Morgan fingerprint density at radius 2 is 2.42 bits per heavy atom. The number of hydrogen-bond donors (Lipinski definition) is 0. The predicted molar refractivity (Wildman–Crippen MR) is 59.2 cm³/mol. The molecular weight excluding hydrogens is 184 g/mol. The molecule has 0 N–H and O–H groups in total. The maximum atomic E-state index is 5.72. The molecule has 0 saturated carbocycles. The molecule has 0 saturated heterocycles. The number of hydrogen-bond acceptors (Lipinski definition) is 0. The van der Waals surface area contributed by atoms with E-state index < -0.39 is 8.83 Å². The molecule has 0 nitrogen and oxygen atoms in total. The van der Waals surface area contributed by atoms with Gasteiger partial charge >= 0.3 is 0 Å². The first-order valence-electron chi connectivity index (χ1n) is 4.26. The first kappa shape index (κ1) is 9.81. The fraction of sp³-hybridized carbons (Fsp3) is 0.400. The molecule has 2 heteroatoms. The number of halogens is 1. The molecule has 0 spiro atoms. The first-order valence-corrected chi connectivity index (χ1v) is 7.21. The van der Waals surface area contributed by atoms with Crippen molar-refractivity contribution in [2.75, 3.05) is 0 Å². The lowest BCUT2D eigenvalue weighted by Gasteiger charge is -2.23. The summed E-state index contributed by atoms with van der Waals surface area (Å²) in [5.41, 5.74) is 3.74. The maximum Gasteiger partial charge on any atom is 0.148 e. The van der Waals surface area contributed by atoms with Gasteiger partial charge in [-0.25, -0.2) is 0 Å². The third-order valence-corrected chi connectivity index (χ3v) is 3.13. The molecule has 0 heterocycles. The van der Waals surface area contributed by atoms with Gasteiger partial charge in [0.1, 0.15) is 8.83 Å². The van der Waals surface area contributed by atoms with E-state index in [1.807, 2.05) is 0 Å². The lowest BCUT2D eigenvalue weighted by Crippen LogP contribution is -2.10. The molecular formula is C10H15ClSi. The quantitative estimate of drug-likeness (QED) is 0.473. The molecule has 1 unspecified atom stereocenters. The molecule has 1 rings (SSSR count). The standard InChI is InChI=1S/C10H15ClSi/c1-9-3-5-10(2,6-4-9)7-8-12-11/h3-5,7-8H,6,12H2,1-2H3. The van der Waals surface area contributed by atoms with E-state index in [-0.39, 0.29) is 5.41 Å². The molecule has 0 aromatic rings. The van der Waals surface area contributed by atoms with Gasteiger partial charge in [0, 0.05) is 5.41 Å². The molecule has 1 aliphatic rings. The summed E-state index contributed by atoms with van der Waals surface area (Å²) in [6, 6.07) is 0. The van der Waals surface area contributed by atoms with E-state index in [0.29, 0.717) is 0 Å². The Morgan fingerprint density at radius 3 is 2.92 bits per heavy atom. The van der Waals surface area contributed by atoms with Crippen LogP contribution in [0.1, 0.15) is 20.3 Å². The average molecular weight is 199 g/mol. The third kappa shape index (κ3) is 2.65. The monoisotopic (exact) mass is 198 g/mol. The van der Waals surface area contributed by atoms with Crippen molar-refractivity contribution in [1.29, 1.82) is 0 Å². The topological polar surface area (TPSA) is 0 Å². The van der Waals surface area contributed by atoms with Crippen LogP contribution in [-0.2, 0) is 0 Å². The summed E-state index contributed by atoms with van der Waals surface area (Å²) in [7, 11) is -0.444. The minimum absolute atomic E-state index is 0.224. The van der Waals surface area contributed by atoms with Crippen molar-refractivity contribution in [3.63, 3.8) is 0 Å². The van der Waals surface area contributed by atoms with Gasteiger partial charge in [0.25, 0.3) is 0 Å². The van der Waals surface area contributed by atoms with E-state index in [9.17, 15) is 0 Å². The largest absolute Gasteiger partial charge is 0.171 e. The average Bonchev–Trinajstić information content (AvgIpc) is 2.08. The molecule has 0 bridgehead atoms. The van der Waals surface area contributed by atoms with Gasteiger partial charge < -0.3 is 0 Å².